The van der Waals surface area contributed by atoms with E-state index >= 15 is 0 Å². The first-order chi connectivity index (χ1) is 8.22. The van der Waals surface area contributed by atoms with Crippen molar-refractivity contribution in [3.8, 4) is 0 Å². The van der Waals surface area contributed by atoms with Crippen LogP contribution in [0.15, 0.2) is 0 Å². The summed E-state index contributed by atoms with van der Waals surface area (Å²) in [7, 11) is 0. The van der Waals surface area contributed by atoms with Gasteiger partial charge in [0, 0.05) is 6.04 Å². The second-order valence-corrected chi connectivity index (χ2v) is 7.38. The van der Waals surface area contributed by atoms with E-state index in [0.717, 1.165) is 17.8 Å². The van der Waals surface area contributed by atoms with Crippen LogP contribution in [0.3, 0.4) is 0 Å². The van der Waals surface area contributed by atoms with Crippen molar-refractivity contribution in [1.82, 2.24) is 0 Å². The topological polar surface area (TPSA) is 26.0 Å². The van der Waals surface area contributed by atoms with Gasteiger partial charge in [-0.1, -0.05) is 26.2 Å². The van der Waals surface area contributed by atoms with Gasteiger partial charge in [0.25, 0.3) is 0 Å². The quantitative estimate of drug-likeness (QED) is 0.731. The number of halogens is 1. The van der Waals surface area contributed by atoms with Crippen LogP contribution in [0.4, 0.5) is 0 Å². The molecule has 0 aromatic carbocycles. The number of rotatable bonds is 5. The van der Waals surface area contributed by atoms with Crippen molar-refractivity contribution in [2.24, 2.45) is 28.9 Å². The summed E-state index contributed by atoms with van der Waals surface area (Å²) in [5.41, 5.74) is 7.20. The Morgan fingerprint density at radius 3 is 1.94 bits per heavy atom. The Bertz CT molecular complexity index is 241. The fraction of sp³-hybridized carbons (Fsp3) is 1.00. The standard InChI is InChI=1S/C16H29N.ClH/c1-2-3-4-5-15(17)16-9-12-6-13(10-16)8-14(7-12)11-16;/h12-15H,2-11,17H2,1H3;1H. The van der Waals surface area contributed by atoms with Crippen LogP contribution >= 0.6 is 12.4 Å². The average molecular weight is 272 g/mol. The minimum Gasteiger partial charge on any atom is -0.327 e. The van der Waals surface area contributed by atoms with E-state index in [-0.39, 0.29) is 12.4 Å². The second kappa shape index (κ2) is 5.71. The Labute approximate surface area is 119 Å². The van der Waals surface area contributed by atoms with Crippen LogP contribution in [-0.4, -0.2) is 6.04 Å². The molecule has 0 heterocycles. The summed E-state index contributed by atoms with van der Waals surface area (Å²) < 4.78 is 0. The first kappa shape index (κ1) is 14.7. The van der Waals surface area contributed by atoms with E-state index in [1.807, 2.05) is 0 Å². The highest BCUT2D eigenvalue weighted by molar-refractivity contribution is 5.85. The van der Waals surface area contributed by atoms with Crippen LogP contribution in [0.25, 0.3) is 0 Å². The highest BCUT2D eigenvalue weighted by Gasteiger charge is 2.52. The largest absolute Gasteiger partial charge is 0.327 e. The Morgan fingerprint density at radius 2 is 1.50 bits per heavy atom. The molecule has 4 bridgehead atoms. The summed E-state index contributed by atoms with van der Waals surface area (Å²) in [5.74, 6) is 3.16. The van der Waals surface area contributed by atoms with Gasteiger partial charge in [0.2, 0.25) is 0 Å². The molecule has 0 aromatic rings. The molecule has 2 heteroatoms. The summed E-state index contributed by atoms with van der Waals surface area (Å²) in [4.78, 5) is 0. The third kappa shape index (κ3) is 2.58. The predicted molar refractivity (Wildman–Crippen MR) is 80.0 cm³/mol. The van der Waals surface area contributed by atoms with Crippen molar-refractivity contribution >= 4 is 12.4 Å². The summed E-state index contributed by atoms with van der Waals surface area (Å²) in [5, 5.41) is 0. The third-order valence-corrected chi connectivity index (χ3v) is 5.99. The van der Waals surface area contributed by atoms with Crippen molar-refractivity contribution in [1.29, 1.82) is 0 Å². The Balaban J connectivity index is 0.00000120. The van der Waals surface area contributed by atoms with Gasteiger partial charge in [-0.3, -0.25) is 0 Å². The van der Waals surface area contributed by atoms with Crippen LogP contribution < -0.4 is 5.73 Å². The number of unbranched alkanes of at least 4 members (excludes halogenated alkanes) is 2. The first-order valence-electron chi connectivity index (χ1n) is 7.97. The van der Waals surface area contributed by atoms with Crippen LogP contribution in [0.5, 0.6) is 0 Å². The van der Waals surface area contributed by atoms with Crippen molar-refractivity contribution < 1.29 is 0 Å². The number of nitrogens with two attached hydrogens (primary N) is 1. The van der Waals surface area contributed by atoms with Crippen LogP contribution in [0.2, 0.25) is 0 Å². The van der Waals surface area contributed by atoms with Gasteiger partial charge in [-0.05, 0) is 68.1 Å². The lowest BCUT2D eigenvalue weighted by Gasteiger charge is -2.59. The molecule has 2 N–H and O–H groups in total. The number of hydrogen-bond donors (Lipinski definition) is 1. The van der Waals surface area contributed by atoms with Gasteiger partial charge in [0.05, 0.1) is 0 Å². The van der Waals surface area contributed by atoms with E-state index in [0.29, 0.717) is 11.5 Å². The lowest BCUT2D eigenvalue weighted by atomic mass is 9.47. The maximum absolute atomic E-state index is 6.61. The van der Waals surface area contributed by atoms with Gasteiger partial charge in [-0.15, -0.1) is 12.4 Å². The molecule has 18 heavy (non-hydrogen) atoms. The second-order valence-electron chi connectivity index (χ2n) is 7.38. The minimum absolute atomic E-state index is 0. The van der Waals surface area contributed by atoms with Gasteiger partial charge >= 0.3 is 0 Å². The summed E-state index contributed by atoms with van der Waals surface area (Å²) >= 11 is 0. The van der Waals surface area contributed by atoms with Crippen molar-refractivity contribution in [3.63, 3.8) is 0 Å². The van der Waals surface area contributed by atoms with Crippen molar-refractivity contribution in [2.45, 2.75) is 77.2 Å². The maximum atomic E-state index is 6.61. The molecule has 1 nitrogen and oxygen atoms in total. The minimum atomic E-state index is 0. The van der Waals surface area contributed by atoms with Gasteiger partial charge < -0.3 is 5.73 Å². The fourth-order valence-corrected chi connectivity index (χ4v) is 5.55. The van der Waals surface area contributed by atoms with Gasteiger partial charge in [0.15, 0.2) is 0 Å². The molecule has 106 valence electrons. The van der Waals surface area contributed by atoms with Crippen molar-refractivity contribution in [2.75, 3.05) is 0 Å². The van der Waals surface area contributed by atoms with Gasteiger partial charge in [0.1, 0.15) is 0 Å². The monoisotopic (exact) mass is 271 g/mol. The molecule has 4 saturated carbocycles. The highest BCUT2D eigenvalue weighted by atomic mass is 35.5. The fourth-order valence-electron chi connectivity index (χ4n) is 5.55. The van der Waals surface area contributed by atoms with Crippen LogP contribution in [-0.2, 0) is 0 Å². The molecular weight excluding hydrogens is 242 g/mol. The van der Waals surface area contributed by atoms with Crippen molar-refractivity contribution in [3.05, 3.63) is 0 Å². The van der Waals surface area contributed by atoms with Crippen LogP contribution in [0, 0.1) is 23.2 Å². The Morgan fingerprint density at radius 1 is 1.00 bits per heavy atom. The molecule has 1 atom stereocenters. The molecule has 0 aromatic heterocycles. The van der Waals surface area contributed by atoms with E-state index in [9.17, 15) is 0 Å². The molecule has 4 aliphatic rings. The Kier molecular flexibility index (Phi) is 4.65. The SMILES string of the molecule is CCCCCC(N)C12CC3CC(CC(C3)C1)C2.Cl. The highest BCUT2D eigenvalue weighted by Crippen LogP contribution is 2.61. The van der Waals surface area contributed by atoms with E-state index in [1.165, 1.54) is 44.9 Å². The van der Waals surface area contributed by atoms with E-state index < -0.39 is 0 Å². The molecular formula is C16H30ClN. The lowest BCUT2D eigenvalue weighted by molar-refractivity contribution is -0.0684. The molecule has 4 fully saturated rings. The molecule has 1 unspecified atom stereocenters. The smallest absolute Gasteiger partial charge is 0.00958 e. The van der Waals surface area contributed by atoms with Gasteiger partial charge in [-0.25, -0.2) is 0 Å². The van der Waals surface area contributed by atoms with Gasteiger partial charge in [-0.2, -0.15) is 0 Å². The molecule has 0 amide bonds. The molecule has 0 spiro atoms. The Hall–Kier alpha value is 0.250. The zero-order valence-corrected chi connectivity index (χ0v) is 12.7. The normalized spacial score (nSPS) is 42.7. The first-order valence-corrected chi connectivity index (χ1v) is 7.97. The van der Waals surface area contributed by atoms with E-state index in [1.54, 1.807) is 19.3 Å². The molecule has 4 aliphatic carbocycles. The van der Waals surface area contributed by atoms with E-state index in [2.05, 4.69) is 6.92 Å². The molecule has 0 radical (unpaired) electrons. The summed E-state index contributed by atoms with van der Waals surface area (Å²) in [6.45, 7) is 2.29. The molecule has 0 saturated heterocycles. The zero-order chi connectivity index (χ0) is 11.9. The average Bonchev–Trinajstić information content (AvgIpc) is 2.27. The predicted octanol–water partition coefficient (Wildman–Crippen LogP) is 4.53. The molecule has 0 aliphatic heterocycles. The summed E-state index contributed by atoms with van der Waals surface area (Å²) in [6, 6.07) is 0.516. The van der Waals surface area contributed by atoms with E-state index in [4.69, 9.17) is 5.73 Å². The van der Waals surface area contributed by atoms with Crippen LogP contribution in [0.1, 0.15) is 71.1 Å². The summed E-state index contributed by atoms with van der Waals surface area (Å²) in [6.07, 6.45) is 14.4. The molecule has 4 rings (SSSR count). The maximum Gasteiger partial charge on any atom is 0.00958 e. The lowest BCUT2D eigenvalue weighted by Crippen LogP contribution is -2.54. The zero-order valence-electron chi connectivity index (χ0n) is 11.9. The third-order valence-electron chi connectivity index (χ3n) is 5.99. The number of hydrogen-bond acceptors (Lipinski definition) is 1.